The molecule has 158 valence electrons. The summed E-state index contributed by atoms with van der Waals surface area (Å²) in [5.74, 6) is -2.38. The summed E-state index contributed by atoms with van der Waals surface area (Å²) in [5, 5.41) is 2.46. The molecule has 2 aromatic rings. The molecule has 0 aliphatic carbocycles. The average Bonchev–Trinajstić information content (AvgIpc) is 2.76. The Morgan fingerprint density at radius 2 is 1.47 bits per heavy atom. The lowest BCUT2D eigenvalue weighted by Gasteiger charge is -2.11. The molecular formula is C20H18BrNO8. The van der Waals surface area contributed by atoms with Crippen LogP contribution in [0.3, 0.4) is 0 Å². The first kappa shape index (κ1) is 22.9. The molecule has 0 aliphatic heterocycles. The van der Waals surface area contributed by atoms with Gasteiger partial charge in [-0.3, -0.25) is 4.79 Å². The first-order valence-electron chi connectivity index (χ1n) is 8.41. The third-order valence-electron chi connectivity index (χ3n) is 3.79. The number of hydrogen-bond acceptors (Lipinski definition) is 8. The molecule has 0 spiro atoms. The number of hydrogen-bond donors (Lipinski definition) is 1. The first-order valence-corrected chi connectivity index (χ1v) is 9.20. The fourth-order valence-electron chi connectivity index (χ4n) is 2.36. The number of anilines is 1. The van der Waals surface area contributed by atoms with Gasteiger partial charge < -0.3 is 24.3 Å². The highest BCUT2D eigenvalue weighted by molar-refractivity contribution is 9.10. The van der Waals surface area contributed by atoms with Crippen molar-refractivity contribution in [2.45, 2.75) is 0 Å². The van der Waals surface area contributed by atoms with Gasteiger partial charge in [-0.05, 0) is 52.3 Å². The average molecular weight is 480 g/mol. The number of amides is 1. The predicted octanol–water partition coefficient (Wildman–Crippen LogP) is 2.83. The summed E-state index contributed by atoms with van der Waals surface area (Å²) in [7, 11) is 3.82. The summed E-state index contributed by atoms with van der Waals surface area (Å²) in [4.78, 5) is 48.0. The fourth-order valence-corrected chi connectivity index (χ4v) is 2.77. The number of halogens is 1. The van der Waals surface area contributed by atoms with Gasteiger partial charge in [-0.1, -0.05) is 0 Å². The number of benzene rings is 2. The number of rotatable bonds is 7. The monoisotopic (exact) mass is 479 g/mol. The number of esters is 3. The van der Waals surface area contributed by atoms with Crippen molar-refractivity contribution in [1.82, 2.24) is 0 Å². The van der Waals surface area contributed by atoms with Crippen LogP contribution < -0.4 is 10.1 Å². The molecule has 0 atom stereocenters. The van der Waals surface area contributed by atoms with Gasteiger partial charge in [0.1, 0.15) is 5.75 Å². The molecule has 0 bridgehead atoms. The lowest BCUT2D eigenvalue weighted by atomic mass is 10.1. The SMILES string of the molecule is COC(=O)c1cc(NC(=O)COC(=O)c2cc(OC)ccc2Br)cc(C(=O)OC)c1. The lowest BCUT2D eigenvalue weighted by Crippen LogP contribution is -2.21. The van der Waals surface area contributed by atoms with Crippen LogP contribution in [0.25, 0.3) is 0 Å². The Labute approximate surface area is 180 Å². The molecule has 2 aromatic carbocycles. The molecule has 1 amide bonds. The molecule has 0 aliphatic rings. The van der Waals surface area contributed by atoms with Gasteiger partial charge in [0, 0.05) is 10.2 Å². The van der Waals surface area contributed by atoms with E-state index >= 15 is 0 Å². The minimum absolute atomic E-state index is 0.0352. The predicted molar refractivity (Wildman–Crippen MR) is 109 cm³/mol. The Kier molecular flexibility index (Phi) is 7.93. The maximum absolute atomic E-state index is 12.2. The van der Waals surface area contributed by atoms with Crippen molar-refractivity contribution in [2.24, 2.45) is 0 Å². The number of methoxy groups -OCH3 is 3. The van der Waals surface area contributed by atoms with E-state index in [0.29, 0.717) is 10.2 Å². The second-order valence-electron chi connectivity index (χ2n) is 5.75. The largest absolute Gasteiger partial charge is 0.497 e. The molecule has 30 heavy (non-hydrogen) atoms. The second-order valence-corrected chi connectivity index (χ2v) is 6.61. The normalized spacial score (nSPS) is 10.0. The Morgan fingerprint density at radius 1 is 0.867 bits per heavy atom. The molecule has 0 heterocycles. The van der Waals surface area contributed by atoms with Crippen LogP contribution in [0, 0.1) is 0 Å². The van der Waals surface area contributed by atoms with Crippen LogP contribution >= 0.6 is 15.9 Å². The van der Waals surface area contributed by atoms with Gasteiger partial charge >= 0.3 is 17.9 Å². The number of nitrogens with one attached hydrogen (secondary N) is 1. The maximum atomic E-state index is 12.2. The standard InChI is InChI=1S/C20H18BrNO8/c1-27-14-4-5-16(21)15(9-14)20(26)30-10-17(23)22-13-7-11(18(24)28-2)6-12(8-13)19(25)29-3/h4-9H,10H2,1-3H3,(H,22,23). The number of carbonyl (C=O) groups is 4. The van der Waals surface area contributed by atoms with Crippen LogP contribution in [0.5, 0.6) is 5.75 Å². The van der Waals surface area contributed by atoms with Gasteiger partial charge in [0.2, 0.25) is 0 Å². The van der Waals surface area contributed by atoms with Gasteiger partial charge in [0.05, 0.1) is 38.0 Å². The van der Waals surface area contributed by atoms with Crippen molar-refractivity contribution < 1.29 is 38.1 Å². The van der Waals surface area contributed by atoms with Crippen molar-refractivity contribution in [3.63, 3.8) is 0 Å². The molecular weight excluding hydrogens is 462 g/mol. The fraction of sp³-hybridized carbons (Fsp3) is 0.200. The Bertz CT molecular complexity index is 955. The molecule has 2 rings (SSSR count). The van der Waals surface area contributed by atoms with E-state index in [9.17, 15) is 19.2 Å². The van der Waals surface area contributed by atoms with Crippen molar-refractivity contribution in [2.75, 3.05) is 33.3 Å². The van der Waals surface area contributed by atoms with Crippen LogP contribution in [-0.4, -0.2) is 51.8 Å². The first-order chi connectivity index (χ1) is 14.3. The van der Waals surface area contributed by atoms with Crippen LogP contribution in [0.4, 0.5) is 5.69 Å². The number of ether oxygens (including phenoxy) is 4. The Balaban J connectivity index is 2.11. The highest BCUT2D eigenvalue weighted by Gasteiger charge is 2.17. The van der Waals surface area contributed by atoms with Crippen molar-refractivity contribution in [1.29, 1.82) is 0 Å². The minimum atomic E-state index is -0.741. The van der Waals surface area contributed by atoms with Gasteiger partial charge in [-0.2, -0.15) is 0 Å². The molecule has 0 saturated carbocycles. The van der Waals surface area contributed by atoms with E-state index in [1.165, 1.54) is 45.6 Å². The van der Waals surface area contributed by atoms with E-state index in [4.69, 9.17) is 9.47 Å². The Hall–Kier alpha value is -3.40. The smallest absolute Gasteiger partial charge is 0.339 e. The zero-order valence-electron chi connectivity index (χ0n) is 16.3. The van der Waals surface area contributed by atoms with E-state index in [1.54, 1.807) is 12.1 Å². The Morgan fingerprint density at radius 3 is 2.00 bits per heavy atom. The van der Waals surface area contributed by atoms with Crippen LogP contribution in [-0.2, 0) is 19.0 Å². The minimum Gasteiger partial charge on any atom is -0.497 e. The summed E-state index contributed by atoms with van der Waals surface area (Å²) in [6.45, 7) is -0.599. The van der Waals surface area contributed by atoms with Gasteiger partial charge in [-0.15, -0.1) is 0 Å². The van der Waals surface area contributed by atoms with E-state index < -0.39 is 30.4 Å². The summed E-state index contributed by atoms with van der Waals surface area (Å²) < 4.78 is 19.8. The quantitative estimate of drug-likeness (QED) is 0.475. The van der Waals surface area contributed by atoms with E-state index in [-0.39, 0.29) is 22.4 Å². The third-order valence-corrected chi connectivity index (χ3v) is 4.48. The number of carbonyl (C=O) groups excluding carboxylic acids is 4. The van der Waals surface area contributed by atoms with Gasteiger partial charge in [0.15, 0.2) is 6.61 Å². The molecule has 0 aromatic heterocycles. The molecule has 9 nitrogen and oxygen atoms in total. The summed E-state index contributed by atoms with van der Waals surface area (Å²) in [6.07, 6.45) is 0. The molecule has 0 unspecified atom stereocenters. The zero-order chi connectivity index (χ0) is 22.3. The molecule has 10 heteroatoms. The molecule has 1 N–H and O–H groups in total. The highest BCUT2D eigenvalue weighted by atomic mass is 79.9. The van der Waals surface area contributed by atoms with Crippen molar-refractivity contribution >= 4 is 45.4 Å². The van der Waals surface area contributed by atoms with E-state index in [2.05, 4.69) is 30.7 Å². The van der Waals surface area contributed by atoms with Crippen molar-refractivity contribution in [3.05, 3.63) is 57.6 Å². The van der Waals surface area contributed by atoms with Crippen LogP contribution in [0.1, 0.15) is 31.1 Å². The lowest BCUT2D eigenvalue weighted by molar-refractivity contribution is -0.119. The van der Waals surface area contributed by atoms with Crippen LogP contribution in [0.15, 0.2) is 40.9 Å². The van der Waals surface area contributed by atoms with Gasteiger partial charge in [0.25, 0.3) is 5.91 Å². The molecule has 0 radical (unpaired) electrons. The molecule has 0 saturated heterocycles. The zero-order valence-corrected chi connectivity index (χ0v) is 17.9. The van der Waals surface area contributed by atoms with E-state index in [0.717, 1.165) is 0 Å². The molecule has 0 fully saturated rings. The summed E-state index contributed by atoms with van der Waals surface area (Å²) in [6, 6.07) is 8.64. The highest BCUT2D eigenvalue weighted by Crippen LogP contribution is 2.23. The summed E-state index contributed by atoms with van der Waals surface area (Å²) in [5.41, 5.74) is 0.380. The van der Waals surface area contributed by atoms with Crippen LogP contribution in [0.2, 0.25) is 0 Å². The van der Waals surface area contributed by atoms with Gasteiger partial charge in [-0.25, -0.2) is 14.4 Å². The topological polar surface area (TPSA) is 117 Å². The van der Waals surface area contributed by atoms with Crippen molar-refractivity contribution in [3.8, 4) is 5.75 Å². The second kappa shape index (κ2) is 10.4. The summed E-state index contributed by atoms with van der Waals surface area (Å²) >= 11 is 3.23. The third kappa shape index (κ3) is 5.80. The van der Waals surface area contributed by atoms with E-state index in [1.807, 2.05) is 0 Å². The maximum Gasteiger partial charge on any atom is 0.339 e.